The van der Waals surface area contributed by atoms with Crippen LogP contribution in [-0.2, 0) is 16.0 Å². The van der Waals surface area contributed by atoms with Crippen LogP contribution in [0.1, 0.15) is 33.3 Å². The number of carbonyl (C=O) groups excluding carboxylic acids is 1. The molecule has 3 rings (SSSR count). The maximum atomic E-state index is 12.0. The molecule has 120 valence electrons. The Morgan fingerprint density at radius 2 is 2.05 bits per heavy atom. The lowest BCUT2D eigenvalue weighted by molar-refractivity contribution is -0.117. The standard InChI is InChI=1S/C18H26N2O2/c1-12-9-16-10-17(19-7-8-22-13(2)11-19)5-6-18(16)20(14(12)3)15(4)21/h5-6,10,12-14H,7-9,11H2,1-4H3/t12-,13?,14+/m1/s1. The average Bonchev–Trinajstić information content (AvgIpc) is 2.47. The second-order valence-electron chi connectivity index (χ2n) is 6.75. The second kappa shape index (κ2) is 5.92. The molecule has 0 aromatic heterocycles. The van der Waals surface area contributed by atoms with E-state index >= 15 is 0 Å². The van der Waals surface area contributed by atoms with Gasteiger partial charge in [-0.15, -0.1) is 0 Å². The molecule has 0 radical (unpaired) electrons. The monoisotopic (exact) mass is 302 g/mol. The average molecular weight is 302 g/mol. The third kappa shape index (κ3) is 2.72. The zero-order chi connectivity index (χ0) is 15.9. The molecule has 22 heavy (non-hydrogen) atoms. The molecule has 0 N–H and O–H groups in total. The highest BCUT2D eigenvalue weighted by Crippen LogP contribution is 2.36. The van der Waals surface area contributed by atoms with Crippen molar-refractivity contribution < 1.29 is 9.53 Å². The minimum Gasteiger partial charge on any atom is -0.375 e. The van der Waals surface area contributed by atoms with Crippen molar-refractivity contribution in [1.82, 2.24) is 0 Å². The molecule has 1 amide bonds. The lowest BCUT2D eigenvalue weighted by Gasteiger charge is -2.40. The zero-order valence-corrected chi connectivity index (χ0v) is 14.0. The lowest BCUT2D eigenvalue weighted by atomic mass is 9.87. The van der Waals surface area contributed by atoms with Gasteiger partial charge in [-0.1, -0.05) is 6.92 Å². The molecule has 1 fully saturated rings. The zero-order valence-electron chi connectivity index (χ0n) is 14.0. The molecule has 1 saturated heterocycles. The van der Waals surface area contributed by atoms with Crippen LogP contribution in [-0.4, -0.2) is 37.7 Å². The quantitative estimate of drug-likeness (QED) is 0.800. The molecule has 4 nitrogen and oxygen atoms in total. The van der Waals surface area contributed by atoms with Gasteiger partial charge in [-0.05, 0) is 49.9 Å². The molecule has 3 atom stereocenters. The number of hydrogen-bond acceptors (Lipinski definition) is 3. The minimum atomic E-state index is 0.132. The molecule has 1 unspecified atom stereocenters. The Morgan fingerprint density at radius 3 is 2.73 bits per heavy atom. The van der Waals surface area contributed by atoms with E-state index in [4.69, 9.17) is 4.74 Å². The highest BCUT2D eigenvalue weighted by Gasteiger charge is 2.31. The van der Waals surface area contributed by atoms with E-state index in [0.29, 0.717) is 5.92 Å². The van der Waals surface area contributed by atoms with Gasteiger partial charge in [0, 0.05) is 37.4 Å². The summed E-state index contributed by atoms with van der Waals surface area (Å²) in [6.45, 7) is 10.8. The van der Waals surface area contributed by atoms with Crippen molar-refractivity contribution >= 4 is 17.3 Å². The van der Waals surface area contributed by atoms with E-state index in [1.165, 1.54) is 11.3 Å². The molecule has 0 spiro atoms. The highest BCUT2D eigenvalue weighted by atomic mass is 16.5. The first kappa shape index (κ1) is 15.3. The van der Waals surface area contributed by atoms with E-state index in [1.54, 1.807) is 6.92 Å². The second-order valence-corrected chi connectivity index (χ2v) is 6.75. The Bertz CT molecular complexity index is 572. The highest BCUT2D eigenvalue weighted by molar-refractivity contribution is 5.94. The van der Waals surface area contributed by atoms with Gasteiger partial charge in [0.25, 0.3) is 0 Å². The molecule has 2 aliphatic rings. The van der Waals surface area contributed by atoms with Crippen LogP contribution in [0.2, 0.25) is 0 Å². The van der Waals surface area contributed by atoms with Crippen LogP contribution in [0.15, 0.2) is 18.2 Å². The first-order valence-electron chi connectivity index (χ1n) is 8.26. The summed E-state index contributed by atoms with van der Waals surface area (Å²) in [5, 5.41) is 0. The Balaban J connectivity index is 1.93. The molecule has 4 heteroatoms. The van der Waals surface area contributed by atoms with Crippen molar-refractivity contribution in [3.8, 4) is 0 Å². The van der Waals surface area contributed by atoms with E-state index in [2.05, 4.69) is 43.9 Å². The Kier molecular flexibility index (Phi) is 4.13. The number of rotatable bonds is 1. The number of benzene rings is 1. The van der Waals surface area contributed by atoms with E-state index < -0.39 is 0 Å². The van der Waals surface area contributed by atoms with Gasteiger partial charge in [0.1, 0.15) is 0 Å². The number of nitrogens with zero attached hydrogens (tertiary/aromatic N) is 2. The predicted octanol–water partition coefficient (Wildman–Crippen LogP) is 2.85. The summed E-state index contributed by atoms with van der Waals surface area (Å²) in [6, 6.07) is 6.80. The number of hydrogen-bond donors (Lipinski definition) is 0. The Labute approximate surface area is 133 Å². The van der Waals surface area contributed by atoms with Gasteiger partial charge < -0.3 is 14.5 Å². The fraction of sp³-hybridized carbons (Fsp3) is 0.611. The van der Waals surface area contributed by atoms with Gasteiger partial charge in [0.05, 0.1) is 12.7 Å². The molecular formula is C18H26N2O2. The van der Waals surface area contributed by atoms with Crippen molar-refractivity contribution in [1.29, 1.82) is 0 Å². The summed E-state index contributed by atoms with van der Waals surface area (Å²) in [5.41, 5.74) is 3.62. The van der Waals surface area contributed by atoms with Crippen molar-refractivity contribution in [3.63, 3.8) is 0 Å². The van der Waals surface area contributed by atoms with Crippen LogP contribution in [0.5, 0.6) is 0 Å². The van der Waals surface area contributed by atoms with Crippen LogP contribution >= 0.6 is 0 Å². The van der Waals surface area contributed by atoms with Crippen LogP contribution in [0, 0.1) is 5.92 Å². The third-order valence-corrected chi connectivity index (χ3v) is 5.04. The van der Waals surface area contributed by atoms with Gasteiger partial charge in [-0.2, -0.15) is 0 Å². The minimum absolute atomic E-state index is 0.132. The molecule has 1 aromatic carbocycles. The normalized spacial score (nSPS) is 28.5. The van der Waals surface area contributed by atoms with E-state index in [0.717, 1.165) is 31.8 Å². The van der Waals surface area contributed by atoms with Crippen molar-refractivity contribution in [2.45, 2.75) is 46.3 Å². The smallest absolute Gasteiger partial charge is 0.224 e. The molecule has 1 aromatic rings. The van der Waals surface area contributed by atoms with E-state index in [-0.39, 0.29) is 18.1 Å². The number of amides is 1. The van der Waals surface area contributed by atoms with Gasteiger partial charge in [0.15, 0.2) is 0 Å². The SMILES string of the molecule is CC(=O)N1c2ccc(N3CCOC(C)C3)cc2C[C@@H](C)[C@@H]1C. The number of fused-ring (bicyclic) bond motifs is 1. The fourth-order valence-electron chi connectivity index (χ4n) is 3.67. The number of ether oxygens (including phenoxy) is 1. The topological polar surface area (TPSA) is 32.8 Å². The molecule has 0 bridgehead atoms. The van der Waals surface area contributed by atoms with Gasteiger partial charge >= 0.3 is 0 Å². The van der Waals surface area contributed by atoms with Gasteiger partial charge in [-0.25, -0.2) is 0 Å². The first-order valence-corrected chi connectivity index (χ1v) is 8.26. The molecule has 0 saturated carbocycles. The van der Waals surface area contributed by atoms with Crippen LogP contribution in [0.25, 0.3) is 0 Å². The lowest BCUT2D eigenvalue weighted by Crippen LogP contribution is -2.45. The molecule has 2 aliphatic heterocycles. The number of anilines is 2. The predicted molar refractivity (Wildman–Crippen MR) is 89.6 cm³/mol. The number of carbonyl (C=O) groups is 1. The molecule has 0 aliphatic carbocycles. The maximum Gasteiger partial charge on any atom is 0.224 e. The van der Waals surface area contributed by atoms with Crippen molar-refractivity contribution in [2.75, 3.05) is 29.5 Å². The molecular weight excluding hydrogens is 276 g/mol. The summed E-state index contributed by atoms with van der Waals surface area (Å²) in [6.07, 6.45) is 1.31. The summed E-state index contributed by atoms with van der Waals surface area (Å²) >= 11 is 0. The van der Waals surface area contributed by atoms with Gasteiger partial charge in [-0.3, -0.25) is 4.79 Å². The summed E-state index contributed by atoms with van der Waals surface area (Å²) in [5.74, 6) is 0.614. The van der Waals surface area contributed by atoms with E-state index in [9.17, 15) is 4.79 Å². The fourth-order valence-corrected chi connectivity index (χ4v) is 3.67. The largest absolute Gasteiger partial charge is 0.375 e. The van der Waals surface area contributed by atoms with Crippen molar-refractivity contribution in [2.24, 2.45) is 5.92 Å². The Morgan fingerprint density at radius 1 is 1.27 bits per heavy atom. The summed E-state index contributed by atoms with van der Waals surface area (Å²) in [4.78, 5) is 16.4. The Hall–Kier alpha value is -1.55. The third-order valence-electron chi connectivity index (χ3n) is 5.04. The summed E-state index contributed by atoms with van der Waals surface area (Å²) in [7, 11) is 0. The van der Waals surface area contributed by atoms with Gasteiger partial charge in [0.2, 0.25) is 5.91 Å². The number of morpholine rings is 1. The van der Waals surface area contributed by atoms with Crippen LogP contribution < -0.4 is 9.80 Å². The molecule has 2 heterocycles. The summed E-state index contributed by atoms with van der Waals surface area (Å²) < 4.78 is 5.63. The maximum absolute atomic E-state index is 12.0. The van der Waals surface area contributed by atoms with E-state index in [1.807, 2.05) is 4.90 Å². The van der Waals surface area contributed by atoms with Crippen LogP contribution in [0.4, 0.5) is 11.4 Å². The van der Waals surface area contributed by atoms with Crippen LogP contribution in [0.3, 0.4) is 0 Å². The van der Waals surface area contributed by atoms with Crippen molar-refractivity contribution in [3.05, 3.63) is 23.8 Å². The first-order chi connectivity index (χ1) is 10.5.